The van der Waals surface area contributed by atoms with Gasteiger partial charge in [0, 0.05) is 67.9 Å². The summed E-state index contributed by atoms with van der Waals surface area (Å²) in [4.78, 5) is 21.9. The zero-order chi connectivity index (χ0) is 38.0. The molecule has 2 bridgehead atoms. The lowest BCUT2D eigenvalue weighted by molar-refractivity contribution is -0.00159. The molecule has 2 saturated heterocycles. The van der Waals surface area contributed by atoms with E-state index in [1.54, 1.807) is 6.92 Å². The van der Waals surface area contributed by atoms with E-state index < -0.39 is 17.1 Å². The van der Waals surface area contributed by atoms with Crippen molar-refractivity contribution in [2.24, 2.45) is 17.8 Å². The van der Waals surface area contributed by atoms with Crippen LogP contribution in [-0.4, -0.2) is 107 Å². The van der Waals surface area contributed by atoms with Gasteiger partial charge in [-0.25, -0.2) is 4.21 Å². The number of carbonyl (C=O) groups is 1. The third kappa shape index (κ3) is 8.30. The predicted octanol–water partition coefficient (Wildman–Crippen LogP) is 6.12. The Morgan fingerprint density at radius 2 is 1.87 bits per heavy atom. The average Bonchev–Trinajstić information content (AvgIpc) is 3.31. The van der Waals surface area contributed by atoms with Gasteiger partial charge in [0.1, 0.15) is 16.7 Å². The summed E-state index contributed by atoms with van der Waals surface area (Å²) in [5.74, 6) is 1.51. The SMILES string of the molecule is CC1C/C=C/C(N2CCN3CCCCC3C2)C2CCC2CN2CC3(CCCc4cc(Cl)ccc43)COc3ccc(cc32)C(=O)NS(=O)C1C[C@@H](C)O.CO. The molecule has 1 amide bonds. The number of allylic oxidation sites excluding steroid dienone is 1. The number of anilines is 1. The number of aliphatic hydroxyl groups is 2. The molecule has 4 heterocycles. The number of piperazine rings is 1. The van der Waals surface area contributed by atoms with E-state index in [0.717, 1.165) is 82.0 Å². The molecular weight excluding hydrogens is 720 g/mol. The van der Waals surface area contributed by atoms with Crippen molar-refractivity contribution in [3.8, 4) is 5.75 Å². The summed E-state index contributed by atoms with van der Waals surface area (Å²) < 4.78 is 23.5. The largest absolute Gasteiger partial charge is 0.490 e. The van der Waals surface area contributed by atoms with Crippen LogP contribution in [0.15, 0.2) is 48.6 Å². The Balaban J connectivity index is 0.00000221. The van der Waals surface area contributed by atoms with Crippen LogP contribution in [0, 0.1) is 17.8 Å². The quantitative estimate of drug-likeness (QED) is 0.321. The topological polar surface area (TPSA) is 106 Å². The van der Waals surface area contributed by atoms with E-state index >= 15 is 0 Å². The molecule has 0 aromatic heterocycles. The summed E-state index contributed by atoms with van der Waals surface area (Å²) in [5.41, 5.74) is 3.90. The molecular formula is C43H61ClN4O5S. The summed E-state index contributed by atoms with van der Waals surface area (Å²) in [6.07, 6.45) is 14.8. The van der Waals surface area contributed by atoms with Crippen molar-refractivity contribution in [1.82, 2.24) is 14.5 Å². The molecule has 2 aromatic rings. The number of aliphatic hydroxyl groups excluding tert-OH is 2. The summed E-state index contributed by atoms with van der Waals surface area (Å²) in [7, 11) is -0.666. The minimum absolute atomic E-state index is 0.0216. The fourth-order valence-electron chi connectivity index (χ4n) is 10.5. The fraction of sp³-hybridized carbons (Fsp3) is 0.651. The Hall–Kier alpha value is -2.47. The summed E-state index contributed by atoms with van der Waals surface area (Å²) in [6.45, 7) is 10.7. The van der Waals surface area contributed by atoms with Gasteiger partial charge in [0.2, 0.25) is 0 Å². The van der Waals surface area contributed by atoms with Crippen molar-refractivity contribution < 1.29 is 24.0 Å². The molecule has 6 aliphatic rings. The first-order valence-electron chi connectivity index (χ1n) is 20.5. The van der Waals surface area contributed by atoms with Gasteiger partial charge < -0.3 is 19.8 Å². The number of rotatable bonds is 3. The van der Waals surface area contributed by atoms with Gasteiger partial charge in [-0.1, -0.05) is 43.2 Å². The predicted molar refractivity (Wildman–Crippen MR) is 218 cm³/mol. The van der Waals surface area contributed by atoms with Crippen LogP contribution in [0.25, 0.3) is 0 Å². The second-order valence-corrected chi connectivity index (χ2v) is 18.8. The van der Waals surface area contributed by atoms with Gasteiger partial charge in [0.05, 0.1) is 23.6 Å². The number of benzene rings is 2. The van der Waals surface area contributed by atoms with E-state index in [9.17, 15) is 14.1 Å². The van der Waals surface area contributed by atoms with Crippen LogP contribution in [0.2, 0.25) is 5.02 Å². The van der Waals surface area contributed by atoms with Crippen molar-refractivity contribution in [3.05, 3.63) is 70.3 Å². The smallest absolute Gasteiger partial charge is 0.263 e. The monoisotopic (exact) mass is 780 g/mol. The van der Waals surface area contributed by atoms with Crippen molar-refractivity contribution in [2.45, 2.75) is 107 Å². The maximum absolute atomic E-state index is 13.9. The van der Waals surface area contributed by atoms with Gasteiger partial charge in [0.25, 0.3) is 5.91 Å². The van der Waals surface area contributed by atoms with Crippen LogP contribution in [0.5, 0.6) is 5.75 Å². The van der Waals surface area contributed by atoms with Crippen molar-refractivity contribution in [2.75, 3.05) is 57.9 Å². The highest BCUT2D eigenvalue weighted by Crippen LogP contribution is 2.47. The number of ether oxygens (including phenoxy) is 1. The molecule has 2 aromatic carbocycles. The highest BCUT2D eigenvalue weighted by atomic mass is 35.5. The van der Waals surface area contributed by atoms with Gasteiger partial charge in [0.15, 0.2) is 0 Å². The maximum Gasteiger partial charge on any atom is 0.263 e. The Labute approximate surface area is 330 Å². The van der Waals surface area contributed by atoms with E-state index in [2.05, 4.69) is 50.6 Å². The highest BCUT2D eigenvalue weighted by Gasteiger charge is 2.46. The fourth-order valence-corrected chi connectivity index (χ4v) is 12.1. The molecule has 9 nitrogen and oxygen atoms in total. The van der Waals surface area contributed by atoms with Crippen LogP contribution in [0.4, 0.5) is 5.69 Å². The van der Waals surface area contributed by atoms with E-state index in [0.29, 0.717) is 42.5 Å². The molecule has 9 atom stereocenters. The number of nitrogens with zero attached hydrogens (tertiary/aromatic N) is 3. The molecule has 2 aliphatic carbocycles. The van der Waals surface area contributed by atoms with E-state index in [-0.39, 0.29) is 22.5 Å². The third-order valence-electron chi connectivity index (χ3n) is 13.5. The average molecular weight is 782 g/mol. The first kappa shape index (κ1) is 39.8. The van der Waals surface area contributed by atoms with Crippen molar-refractivity contribution in [3.63, 3.8) is 0 Å². The molecule has 8 rings (SSSR count). The van der Waals surface area contributed by atoms with Crippen LogP contribution in [-0.2, 0) is 22.8 Å². The molecule has 1 spiro atoms. The summed E-state index contributed by atoms with van der Waals surface area (Å²) in [5, 5.41) is 17.8. The molecule has 54 heavy (non-hydrogen) atoms. The van der Waals surface area contributed by atoms with Crippen LogP contribution >= 0.6 is 11.6 Å². The van der Waals surface area contributed by atoms with Gasteiger partial charge in [-0.2, -0.15) is 0 Å². The molecule has 0 radical (unpaired) electrons. The van der Waals surface area contributed by atoms with Gasteiger partial charge in [-0.15, -0.1) is 0 Å². The second kappa shape index (κ2) is 17.3. The number of hydrogen-bond donors (Lipinski definition) is 3. The van der Waals surface area contributed by atoms with Crippen LogP contribution < -0.4 is 14.4 Å². The molecule has 3 N–H and O–H groups in total. The van der Waals surface area contributed by atoms with Crippen LogP contribution in [0.3, 0.4) is 0 Å². The lowest BCUT2D eigenvalue weighted by Crippen LogP contribution is -2.60. The lowest BCUT2D eigenvalue weighted by atomic mass is 9.67. The zero-order valence-electron chi connectivity index (χ0n) is 32.4. The molecule has 3 fully saturated rings. The van der Waals surface area contributed by atoms with Crippen molar-refractivity contribution in [1.29, 1.82) is 0 Å². The van der Waals surface area contributed by atoms with Gasteiger partial charge in [-0.3, -0.25) is 19.3 Å². The number of piperidine rings is 1. The van der Waals surface area contributed by atoms with E-state index in [1.807, 2.05) is 24.3 Å². The molecule has 8 unspecified atom stereocenters. The first-order chi connectivity index (χ1) is 26.2. The summed E-state index contributed by atoms with van der Waals surface area (Å²) >= 11 is 6.52. The molecule has 296 valence electrons. The lowest BCUT2D eigenvalue weighted by Gasteiger charge is -2.52. The van der Waals surface area contributed by atoms with E-state index in [4.69, 9.17) is 21.4 Å². The maximum atomic E-state index is 13.9. The third-order valence-corrected chi connectivity index (χ3v) is 15.3. The highest BCUT2D eigenvalue weighted by molar-refractivity contribution is 7.84. The molecule has 4 aliphatic heterocycles. The zero-order valence-corrected chi connectivity index (χ0v) is 34.0. The number of nitrogens with one attached hydrogen (secondary N) is 1. The number of halogens is 1. The Morgan fingerprint density at radius 3 is 2.67 bits per heavy atom. The number of hydrogen-bond acceptors (Lipinski definition) is 8. The Kier molecular flexibility index (Phi) is 12.8. The number of aryl methyl sites for hydroxylation is 1. The summed E-state index contributed by atoms with van der Waals surface area (Å²) in [6, 6.07) is 13.1. The Bertz CT molecular complexity index is 1690. The minimum Gasteiger partial charge on any atom is -0.490 e. The normalized spacial score (nSPS) is 34.3. The minimum atomic E-state index is -1.67. The first-order valence-corrected chi connectivity index (χ1v) is 22.1. The van der Waals surface area contributed by atoms with Gasteiger partial charge >= 0.3 is 0 Å². The standard InChI is InChI=1S/C42H57ClN4O4S.CH4O/c1-28-7-5-10-37(46-20-19-45-18-4-3-9-34(45)25-46)35-14-11-32(35)24-47-26-42(17-6-8-30-22-33(43)13-15-36(30)42)27-51-39-16-12-31(23-38(39)47)41(49)44-52(50)40(28)21-29(2)48;1-2/h5,10,12-13,15-16,22-23,28-29,32,34-35,37,40,48H,3-4,6-9,11,14,17-21,24-27H2,1-2H3,(H,44,49);2H,1H3/b10-5+;/t28?,29-,32?,34?,35?,37?,40?,42?,52?;/m1./s1. The molecule has 11 heteroatoms. The van der Waals surface area contributed by atoms with Gasteiger partial charge in [-0.05, 0) is 130 Å². The molecule has 1 saturated carbocycles. The van der Waals surface area contributed by atoms with E-state index in [1.165, 1.54) is 49.8 Å². The number of fused-ring (bicyclic) bond motifs is 5. The van der Waals surface area contributed by atoms with Crippen LogP contribution in [0.1, 0.15) is 93.1 Å². The Morgan fingerprint density at radius 1 is 1.04 bits per heavy atom. The van der Waals surface area contributed by atoms with Crippen molar-refractivity contribution >= 4 is 34.2 Å². The number of amides is 1. The number of carbonyl (C=O) groups excluding carboxylic acids is 1. The second-order valence-electron chi connectivity index (χ2n) is 17.0.